The number of hydrogen-bond acceptors (Lipinski definition) is 5. The predicted molar refractivity (Wildman–Crippen MR) is 102 cm³/mol. The minimum Gasteiger partial charge on any atom is -0.462 e. The van der Waals surface area contributed by atoms with Crippen LogP contribution < -0.4 is 5.32 Å². The molecule has 0 bridgehead atoms. The van der Waals surface area contributed by atoms with E-state index < -0.39 is 16.8 Å². The van der Waals surface area contributed by atoms with Gasteiger partial charge in [-0.15, -0.1) is 0 Å². The van der Waals surface area contributed by atoms with Crippen molar-refractivity contribution in [1.82, 2.24) is 0 Å². The average molecular weight is 411 g/mol. The first-order chi connectivity index (χ1) is 12.8. The van der Waals surface area contributed by atoms with Crippen molar-refractivity contribution >= 4 is 46.5 Å². The number of anilines is 1. The van der Waals surface area contributed by atoms with Crippen LogP contribution in [0.5, 0.6) is 0 Å². The smallest absolute Gasteiger partial charge is 0.338 e. The summed E-state index contributed by atoms with van der Waals surface area (Å²) >= 11 is 11.8. The van der Waals surface area contributed by atoms with E-state index in [0.29, 0.717) is 16.5 Å². The van der Waals surface area contributed by atoms with Gasteiger partial charge in [0.1, 0.15) is 5.69 Å². The van der Waals surface area contributed by atoms with Crippen LogP contribution in [0.15, 0.2) is 36.4 Å². The fraction of sp³-hybridized carbons (Fsp3) is 0.222. The predicted octanol–water partition coefficient (Wildman–Crippen LogP) is 4.65. The first kappa shape index (κ1) is 20.7. The van der Waals surface area contributed by atoms with Gasteiger partial charge in [-0.3, -0.25) is 14.9 Å². The molecule has 0 aliphatic rings. The number of rotatable bonds is 7. The number of benzene rings is 2. The molecule has 27 heavy (non-hydrogen) atoms. The third kappa shape index (κ3) is 5.67. The van der Waals surface area contributed by atoms with Gasteiger partial charge in [0, 0.05) is 12.5 Å². The van der Waals surface area contributed by atoms with E-state index >= 15 is 0 Å². The third-order valence-corrected chi connectivity index (χ3v) is 4.34. The van der Waals surface area contributed by atoms with E-state index in [1.54, 1.807) is 25.1 Å². The Hall–Kier alpha value is -2.64. The number of carbonyl (C=O) groups is 2. The van der Waals surface area contributed by atoms with E-state index in [-0.39, 0.29) is 30.0 Å². The lowest BCUT2D eigenvalue weighted by atomic mass is 10.1. The highest BCUT2D eigenvalue weighted by atomic mass is 35.5. The van der Waals surface area contributed by atoms with Crippen LogP contribution >= 0.6 is 23.2 Å². The topological polar surface area (TPSA) is 98.5 Å². The van der Waals surface area contributed by atoms with Crippen molar-refractivity contribution in [1.29, 1.82) is 0 Å². The Labute approximate surface area is 165 Å². The highest BCUT2D eigenvalue weighted by Gasteiger charge is 2.19. The van der Waals surface area contributed by atoms with Gasteiger partial charge in [0.05, 0.1) is 27.1 Å². The van der Waals surface area contributed by atoms with Gasteiger partial charge in [0.15, 0.2) is 0 Å². The zero-order valence-electron chi connectivity index (χ0n) is 14.3. The van der Waals surface area contributed by atoms with Crippen LogP contribution in [0.3, 0.4) is 0 Å². The molecule has 142 valence electrons. The number of nitrogens with one attached hydrogen (secondary N) is 1. The summed E-state index contributed by atoms with van der Waals surface area (Å²) in [5.74, 6) is -1.07. The van der Waals surface area contributed by atoms with Crippen molar-refractivity contribution in [2.24, 2.45) is 0 Å². The molecule has 0 unspecified atom stereocenters. The van der Waals surface area contributed by atoms with Gasteiger partial charge in [0.25, 0.3) is 5.69 Å². The monoisotopic (exact) mass is 410 g/mol. The first-order valence-electron chi connectivity index (χ1n) is 8.01. The van der Waals surface area contributed by atoms with E-state index in [1.807, 2.05) is 0 Å². The van der Waals surface area contributed by atoms with Crippen LogP contribution in [0.25, 0.3) is 0 Å². The van der Waals surface area contributed by atoms with Crippen molar-refractivity contribution < 1.29 is 19.2 Å². The molecule has 2 rings (SSSR count). The summed E-state index contributed by atoms with van der Waals surface area (Å²) in [4.78, 5) is 34.6. The molecule has 0 aromatic heterocycles. The van der Waals surface area contributed by atoms with Gasteiger partial charge < -0.3 is 10.1 Å². The van der Waals surface area contributed by atoms with Crippen LogP contribution in [-0.2, 0) is 16.0 Å². The third-order valence-electron chi connectivity index (χ3n) is 3.60. The lowest BCUT2D eigenvalue weighted by Crippen LogP contribution is -2.14. The SMILES string of the molecule is CCOC(=O)c1ccc([N+](=O)[O-])c(NC(=O)CCc2ccc(Cl)c(Cl)c2)c1. The van der Waals surface area contributed by atoms with E-state index in [1.165, 1.54) is 12.1 Å². The average Bonchev–Trinajstić information content (AvgIpc) is 2.62. The summed E-state index contributed by atoms with van der Waals surface area (Å²) in [7, 11) is 0. The molecule has 0 fully saturated rings. The molecule has 9 heteroatoms. The standard InChI is InChI=1S/C18H16Cl2N2O5/c1-2-27-18(24)12-5-7-16(22(25)26)15(10-12)21-17(23)8-4-11-3-6-13(19)14(20)9-11/h3,5-7,9-10H,2,4,8H2,1H3,(H,21,23). The van der Waals surface area contributed by atoms with Crippen molar-refractivity contribution in [3.63, 3.8) is 0 Å². The lowest BCUT2D eigenvalue weighted by molar-refractivity contribution is -0.383. The van der Waals surface area contributed by atoms with Crippen LogP contribution in [0, 0.1) is 10.1 Å². The number of esters is 1. The zero-order valence-corrected chi connectivity index (χ0v) is 15.8. The maximum Gasteiger partial charge on any atom is 0.338 e. The minimum atomic E-state index is -0.635. The number of hydrogen-bond donors (Lipinski definition) is 1. The minimum absolute atomic E-state index is 0.0651. The molecule has 1 N–H and O–H groups in total. The van der Waals surface area contributed by atoms with Crippen LogP contribution in [-0.4, -0.2) is 23.4 Å². The molecule has 0 aliphatic heterocycles. The van der Waals surface area contributed by atoms with Gasteiger partial charge in [-0.25, -0.2) is 4.79 Å². The maximum atomic E-state index is 12.2. The second-order valence-corrected chi connectivity index (χ2v) is 6.32. The summed E-state index contributed by atoms with van der Waals surface area (Å²) in [5, 5.41) is 14.4. The van der Waals surface area contributed by atoms with Crippen molar-refractivity contribution in [2.75, 3.05) is 11.9 Å². The summed E-state index contributed by atoms with van der Waals surface area (Å²) < 4.78 is 4.87. The molecule has 1 amide bonds. The van der Waals surface area contributed by atoms with Crippen LogP contribution in [0.2, 0.25) is 10.0 Å². The molecule has 0 spiro atoms. The Kier molecular flexibility index (Phi) is 7.15. The highest BCUT2D eigenvalue weighted by Crippen LogP contribution is 2.27. The Morgan fingerprint density at radius 2 is 1.89 bits per heavy atom. The number of nitrogens with zero attached hydrogens (tertiary/aromatic N) is 1. The van der Waals surface area contributed by atoms with Crippen molar-refractivity contribution in [3.8, 4) is 0 Å². The molecule has 0 radical (unpaired) electrons. The quantitative estimate of drug-likeness (QED) is 0.406. The molecule has 7 nitrogen and oxygen atoms in total. The van der Waals surface area contributed by atoms with E-state index in [4.69, 9.17) is 27.9 Å². The maximum absolute atomic E-state index is 12.2. The van der Waals surface area contributed by atoms with Gasteiger partial charge in [0.2, 0.25) is 5.91 Å². The highest BCUT2D eigenvalue weighted by molar-refractivity contribution is 6.42. The van der Waals surface area contributed by atoms with Crippen LogP contribution in [0.1, 0.15) is 29.3 Å². The van der Waals surface area contributed by atoms with Crippen molar-refractivity contribution in [2.45, 2.75) is 19.8 Å². The number of ether oxygens (including phenoxy) is 1. The van der Waals surface area contributed by atoms with E-state index in [2.05, 4.69) is 5.32 Å². The number of carbonyl (C=O) groups excluding carboxylic acids is 2. The Balaban J connectivity index is 2.12. The summed E-state index contributed by atoms with van der Waals surface area (Å²) in [6.45, 7) is 1.82. The molecule has 0 saturated heterocycles. The van der Waals surface area contributed by atoms with Crippen LogP contribution in [0.4, 0.5) is 11.4 Å². The molecule has 2 aromatic rings. The first-order valence-corrected chi connectivity index (χ1v) is 8.76. The van der Waals surface area contributed by atoms with Gasteiger partial charge in [-0.05, 0) is 43.2 Å². The lowest BCUT2D eigenvalue weighted by Gasteiger charge is -2.09. The normalized spacial score (nSPS) is 10.3. The number of amides is 1. The second kappa shape index (κ2) is 9.34. The summed E-state index contributed by atoms with van der Waals surface area (Å²) in [6.07, 6.45) is 0.437. The molecule has 0 heterocycles. The van der Waals surface area contributed by atoms with E-state index in [9.17, 15) is 19.7 Å². The molecular weight excluding hydrogens is 395 g/mol. The molecule has 0 atom stereocenters. The number of halogens is 2. The van der Waals surface area contributed by atoms with Gasteiger partial charge >= 0.3 is 5.97 Å². The Morgan fingerprint density at radius 3 is 2.52 bits per heavy atom. The van der Waals surface area contributed by atoms with Gasteiger partial charge in [-0.1, -0.05) is 29.3 Å². The number of nitro benzene ring substituents is 1. The number of nitro groups is 1. The molecule has 2 aromatic carbocycles. The van der Waals surface area contributed by atoms with Gasteiger partial charge in [-0.2, -0.15) is 0 Å². The van der Waals surface area contributed by atoms with Crippen molar-refractivity contribution in [3.05, 3.63) is 67.7 Å². The molecular formula is C18H16Cl2N2O5. The largest absolute Gasteiger partial charge is 0.462 e. The fourth-order valence-electron chi connectivity index (χ4n) is 2.30. The second-order valence-electron chi connectivity index (χ2n) is 5.51. The Morgan fingerprint density at radius 1 is 1.15 bits per heavy atom. The zero-order chi connectivity index (χ0) is 20.0. The summed E-state index contributed by atoms with van der Waals surface area (Å²) in [5.41, 5.74) is 0.534. The fourth-order valence-corrected chi connectivity index (χ4v) is 2.62. The Bertz CT molecular complexity index is 886. The molecule has 0 saturated carbocycles. The van der Waals surface area contributed by atoms with E-state index in [0.717, 1.165) is 11.6 Å². The number of aryl methyl sites for hydroxylation is 1. The summed E-state index contributed by atoms with van der Waals surface area (Å²) in [6, 6.07) is 8.69. The molecule has 0 aliphatic carbocycles.